The van der Waals surface area contributed by atoms with E-state index in [9.17, 15) is 61.3 Å². The maximum atomic E-state index is 12.1. The van der Waals surface area contributed by atoms with Crippen LogP contribution in [0.1, 0.15) is 91.9 Å². The summed E-state index contributed by atoms with van der Waals surface area (Å²) < 4.78 is 42.0. The van der Waals surface area contributed by atoms with Gasteiger partial charge in [0.2, 0.25) is 0 Å². The van der Waals surface area contributed by atoms with E-state index in [1.807, 2.05) is 6.92 Å². The van der Waals surface area contributed by atoms with E-state index in [2.05, 4.69) is 20.8 Å². The number of hydrogen-bond donors (Lipinski definition) is 12. The highest BCUT2D eigenvalue weighted by molar-refractivity contribution is 5.15. The summed E-state index contributed by atoms with van der Waals surface area (Å²) in [4.78, 5) is 0. The molecule has 4 saturated carbocycles. The van der Waals surface area contributed by atoms with Crippen LogP contribution in [0.5, 0.6) is 0 Å². The lowest BCUT2D eigenvalue weighted by Gasteiger charge is -2.61. The molecule has 0 spiro atoms. The zero-order valence-corrected chi connectivity index (χ0v) is 37.5. The maximum Gasteiger partial charge on any atom is 0.187 e. The van der Waals surface area contributed by atoms with Gasteiger partial charge < -0.3 is 94.4 Å². The number of fused-ring (bicyclic) bond motifs is 7. The Morgan fingerprint density at radius 2 is 1.20 bits per heavy atom. The van der Waals surface area contributed by atoms with E-state index in [-0.39, 0.29) is 47.4 Å². The van der Waals surface area contributed by atoms with Crippen molar-refractivity contribution < 1.29 is 94.4 Å². The Morgan fingerprint density at radius 1 is 0.625 bits per heavy atom. The minimum absolute atomic E-state index is 0.00000712. The van der Waals surface area contributed by atoms with Crippen LogP contribution in [-0.2, 0) is 33.2 Å². The van der Waals surface area contributed by atoms with Crippen LogP contribution in [-0.4, -0.2) is 198 Å². The van der Waals surface area contributed by atoms with Crippen molar-refractivity contribution in [3.05, 3.63) is 0 Å². The monoisotopic (exact) mass is 920 g/mol. The minimum Gasteiger partial charge on any atom is -0.394 e. The lowest BCUT2D eigenvalue weighted by molar-refractivity contribution is -0.373. The molecule has 12 N–H and O–H groups in total. The SMILES string of the molecule is CC(CC[C@@]1(O)O[C@H]2C[C@H]3[C@@H]4CC[C@@H]5CC(OC6OC(CO)C(O)C(O)C6OC6OC(CO)C(O)C(O)C6O)CC[C@]5(C)[C@@H]4CC[C@]3(C)[C@@H]2C1C)COC1OC(CO)C(O)C(O)C1O. The Hall–Kier alpha value is -0.760. The summed E-state index contributed by atoms with van der Waals surface area (Å²) in [6, 6.07) is 0. The number of hydrogen-bond acceptors (Lipinski definition) is 19. The lowest BCUT2D eigenvalue weighted by atomic mass is 9.44. The second-order valence-corrected chi connectivity index (χ2v) is 21.5. The Balaban J connectivity index is 0.869. The summed E-state index contributed by atoms with van der Waals surface area (Å²) in [5.74, 6) is 0.532. The summed E-state index contributed by atoms with van der Waals surface area (Å²) in [5.41, 5.74) is 0.0475. The molecule has 8 fully saturated rings. The maximum absolute atomic E-state index is 12.1. The van der Waals surface area contributed by atoms with Gasteiger partial charge in [-0.05, 0) is 104 Å². The molecule has 0 amide bonds. The second kappa shape index (κ2) is 19.2. The van der Waals surface area contributed by atoms with Gasteiger partial charge in [0.05, 0.1) is 38.6 Å². The van der Waals surface area contributed by atoms with E-state index >= 15 is 0 Å². The molecule has 0 aromatic carbocycles. The molecule has 8 rings (SSSR count). The van der Waals surface area contributed by atoms with Gasteiger partial charge in [-0.25, -0.2) is 0 Å². The van der Waals surface area contributed by atoms with E-state index in [1.165, 1.54) is 0 Å². The molecule has 64 heavy (non-hydrogen) atoms. The summed E-state index contributed by atoms with van der Waals surface area (Å²) in [6.45, 7) is 7.28. The van der Waals surface area contributed by atoms with Crippen LogP contribution in [0.25, 0.3) is 0 Å². The molecule has 19 heteroatoms. The Bertz CT molecular complexity index is 1560. The molecule has 0 aromatic heterocycles. The highest BCUT2D eigenvalue weighted by atomic mass is 16.8. The molecule has 4 aliphatic carbocycles. The molecule has 4 aliphatic heterocycles. The van der Waals surface area contributed by atoms with Crippen molar-refractivity contribution in [3.63, 3.8) is 0 Å². The van der Waals surface area contributed by atoms with E-state index < -0.39 is 118 Å². The average Bonchev–Trinajstić information content (AvgIpc) is 3.71. The van der Waals surface area contributed by atoms with Gasteiger partial charge in [0.1, 0.15) is 73.2 Å². The number of rotatable bonds is 13. The van der Waals surface area contributed by atoms with E-state index in [0.717, 1.165) is 44.9 Å². The molecule has 370 valence electrons. The van der Waals surface area contributed by atoms with Gasteiger partial charge in [0, 0.05) is 12.3 Å². The molecule has 18 unspecified atom stereocenters. The molecule has 4 heterocycles. The average molecular weight is 921 g/mol. The van der Waals surface area contributed by atoms with E-state index in [4.69, 9.17) is 33.2 Å². The quantitative estimate of drug-likeness (QED) is 0.0909. The largest absolute Gasteiger partial charge is 0.394 e. The first kappa shape index (κ1) is 49.7. The standard InChI is InChI=1S/C45H76O19/c1-19(18-58-40-37(55)34(52)31(49)27(15-46)60-40)7-12-45(57)20(2)30-26(64-45)14-25-23-6-5-21-13-22(8-10-43(21,3)24(23)9-11-44(25,30)4)59-42-39(36(54)33(51)29(17-48)62-42)63-41-38(56)35(53)32(50)28(16-47)61-41/h19-42,46-57H,5-18H2,1-4H3/t19?,20?,21-,22?,23-,24-,25+,26+,27?,28?,29?,30-,31?,32?,33?,34?,35?,36?,37?,38?,39?,40?,41?,42?,43+,44+,45-/m1/s1. The summed E-state index contributed by atoms with van der Waals surface area (Å²) in [7, 11) is 0. The van der Waals surface area contributed by atoms with Gasteiger partial charge in [0.25, 0.3) is 0 Å². The first-order chi connectivity index (χ1) is 30.3. The zero-order chi connectivity index (χ0) is 46.2. The summed E-state index contributed by atoms with van der Waals surface area (Å²) >= 11 is 0. The minimum atomic E-state index is -1.75. The topological polar surface area (TPSA) is 307 Å². The van der Waals surface area contributed by atoms with Gasteiger partial charge >= 0.3 is 0 Å². The van der Waals surface area contributed by atoms with Crippen molar-refractivity contribution in [2.75, 3.05) is 26.4 Å². The fourth-order valence-electron chi connectivity index (χ4n) is 14.2. The fraction of sp³-hybridized carbons (Fsp3) is 1.00. The lowest BCUT2D eigenvalue weighted by Crippen LogP contribution is -2.65. The molecule has 4 saturated heterocycles. The predicted molar refractivity (Wildman–Crippen MR) is 219 cm³/mol. The number of ether oxygens (including phenoxy) is 7. The highest BCUT2D eigenvalue weighted by Gasteiger charge is 2.68. The van der Waals surface area contributed by atoms with Gasteiger partial charge in [-0.1, -0.05) is 27.7 Å². The Kier molecular flexibility index (Phi) is 14.9. The van der Waals surface area contributed by atoms with Gasteiger partial charge in [-0.3, -0.25) is 0 Å². The zero-order valence-electron chi connectivity index (χ0n) is 37.5. The molecule has 0 radical (unpaired) electrons. The van der Waals surface area contributed by atoms with Crippen LogP contribution >= 0.6 is 0 Å². The van der Waals surface area contributed by atoms with Crippen LogP contribution in [0.15, 0.2) is 0 Å². The van der Waals surface area contributed by atoms with Crippen LogP contribution in [0.3, 0.4) is 0 Å². The molecular formula is C45H76O19. The van der Waals surface area contributed by atoms with Crippen molar-refractivity contribution in [3.8, 4) is 0 Å². The van der Waals surface area contributed by atoms with Crippen molar-refractivity contribution >= 4 is 0 Å². The van der Waals surface area contributed by atoms with E-state index in [1.54, 1.807) is 0 Å². The van der Waals surface area contributed by atoms with Gasteiger partial charge in [-0.2, -0.15) is 0 Å². The van der Waals surface area contributed by atoms with Crippen LogP contribution in [0, 0.1) is 52.3 Å². The smallest absolute Gasteiger partial charge is 0.187 e. The fourth-order valence-corrected chi connectivity index (χ4v) is 14.2. The van der Waals surface area contributed by atoms with Crippen molar-refractivity contribution in [2.24, 2.45) is 52.3 Å². The van der Waals surface area contributed by atoms with Crippen LogP contribution < -0.4 is 0 Å². The third kappa shape index (κ3) is 8.65. The molecule has 8 aliphatic rings. The molecule has 27 atom stereocenters. The van der Waals surface area contributed by atoms with Gasteiger partial charge in [-0.15, -0.1) is 0 Å². The van der Waals surface area contributed by atoms with Crippen LogP contribution in [0.2, 0.25) is 0 Å². The van der Waals surface area contributed by atoms with E-state index in [0.29, 0.717) is 42.9 Å². The number of aliphatic hydroxyl groups is 12. The molecule has 0 aromatic rings. The van der Waals surface area contributed by atoms with Gasteiger partial charge in [0.15, 0.2) is 24.7 Å². The Labute approximate surface area is 374 Å². The predicted octanol–water partition coefficient (Wildman–Crippen LogP) is -1.78. The molecule has 19 nitrogen and oxygen atoms in total. The first-order valence-electron chi connectivity index (χ1n) is 23.9. The summed E-state index contributed by atoms with van der Waals surface area (Å²) in [6.07, 6.45) is -13.7. The normalized spacial score (nSPS) is 55.6. The Morgan fingerprint density at radius 3 is 1.84 bits per heavy atom. The van der Waals surface area contributed by atoms with Crippen molar-refractivity contribution in [1.82, 2.24) is 0 Å². The second-order valence-electron chi connectivity index (χ2n) is 21.5. The first-order valence-corrected chi connectivity index (χ1v) is 23.9. The third-order valence-electron chi connectivity index (χ3n) is 18.0. The molecular weight excluding hydrogens is 844 g/mol. The van der Waals surface area contributed by atoms with Crippen molar-refractivity contribution in [1.29, 1.82) is 0 Å². The number of aliphatic hydroxyl groups excluding tert-OH is 11. The summed E-state index contributed by atoms with van der Waals surface area (Å²) in [5, 5.41) is 125. The van der Waals surface area contributed by atoms with Crippen LogP contribution in [0.4, 0.5) is 0 Å². The van der Waals surface area contributed by atoms with Crippen molar-refractivity contribution in [2.45, 2.75) is 202 Å². The third-order valence-corrected chi connectivity index (χ3v) is 18.0. The highest BCUT2D eigenvalue weighted by Crippen LogP contribution is 2.71. The molecule has 0 bridgehead atoms.